The van der Waals surface area contributed by atoms with Gasteiger partial charge in [0.2, 0.25) is 17.6 Å². The normalized spacial score (nSPS) is 21.0. The number of thiophene rings is 1. The SMILES string of the molecule is Cc1c([C@@H]2[C@@H](c3nc(-c4cccs4)no3)CC(=O)N2C)cnn1C. The Bertz CT molecular complexity index is 882. The minimum atomic E-state index is -0.161. The van der Waals surface area contributed by atoms with E-state index >= 15 is 0 Å². The molecule has 0 aromatic carbocycles. The Morgan fingerprint density at radius 3 is 2.88 bits per heavy atom. The van der Waals surface area contributed by atoms with E-state index in [9.17, 15) is 4.79 Å². The van der Waals surface area contributed by atoms with Crippen LogP contribution in [0.3, 0.4) is 0 Å². The Kier molecular flexibility index (Phi) is 3.49. The Morgan fingerprint density at radius 2 is 2.21 bits per heavy atom. The lowest BCUT2D eigenvalue weighted by Crippen LogP contribution is -2.24. The largest absolute Gasteiger partial charge is 0.339 e. The molecular weight excluding hydrogens is 326 g/mol. The molecule has 7 nitrogen and oxygen atoms in total. The highest BCUT2D eigenvalue weighted by atomic mass is 32.1. The number of hydrogen-bond acceptors (Lipinski definition) is 6. The van der Waals surface area contributed by atoms with Gasteiger partial charge in [-0.05, 0) is 18.4 Å². The van der Waals surface area contributed by atoms with Crippen LogP contribution < -0.4 is 0 Å². The van der Waals surface area contributed by atoms with Gasteiger partial charge in [-0.1, -0.05) is 11.2 Å². The molecule has 3 aromatic heterocycles. The minimum absolute atomic E-state index is 0.0733. The second kappa shape index (κ2) is 5.55. The predicted octanol–water partition coefficient (Wildman–Crippen LogP) is 2.53. The lowest BCUT2D eigenvalue weighted by Gasteiger charge is -2.23. The molecular formula is C16H17N5O2S. The van der Waals surface area contributed by atoms with Gasteiger partial charge >= 0.3 is 0 Å². The van der Waals surface area contributed by atoms with E-state index in [1.54, 1.807) is 16.2 Å². The summed E-state index contributed by atoms with van der Waals surface area (Å²) in [6, 6.07) is 3.77. The first-order valence-electron chi connectivity index (χ1n) is 7.68. The standard InChI is InChI=1S/C16H17N5O2S/c1-9-11(8-17-21(9)3)14-10(7-13(22)20(14)2)16-18-15(19-23-16)12-5-4-6-24-12/h4-6,8,10,14H,7H2,1-3H3/t10-,14-/m0/s1. The molecule has 1 aliphatic rings. The fraction of sp³-hybridized carbons (Fsp3) is 0.375. The van der Waals surface area contributed by atoms with Crippen LogP contribution in [0.4, 0.5) is 0 Å². The van der Waals surface area contributed by atoms with Crippen molar-refractivity contribution in [2.75, 3.05) is 7.05 Å². The molecule has 0 N–H and O–H groups in total. The van der Waals surface area contributed by atoms with Crippen molar-refractivity contribution < 1.29 is 9.32 Å². The van der Waals surface area contributed by atoms with Crippen LogP contribution in [0, 0.1) is 6.92 Å². The van der Waals surface area contributed by atoms with Gasteiger partial charge in [0.05, 0.1) is 23.0 Å². The number of carbonyl (C=O) groups excluding carboxylic acids is 1. The molecule has 1 saturated heterocycles. The van der Waals surface area contributed by atoms with E-state index in [2.05, 4.69) is 15.2 Å². The van der Waals surface area contributed by atoms with Crippen molar-refractivity contribution in [3.8, 4) is 10.7 Å². The van der Waals surface area contributed by atoms with E-state index in [-0.39, 0.29) is 17.9 Å². The van der Waals surface area contributed by atoms with E-state index in [1.807, 2.05) is 49.4 Å². The topological polar surface area (TPSA) is 77.1 Å². The van der Waals surface area contributed by atoms with Crippen molar-refractivity contribution in [2.24, 2.45) is 7.05 Å². The maximum atomic E-state index is 12.3. The van der Waals surface area contributed by atoms with Crippen LogP contribution in [-0.2, 0) is 11.8 Å². The van der Waals surface area contributed by atoms with Crippen molar-refractivity contribution in [1.29, 1.82) is 0 Å². The fourth-order valence-electron chi connectivity index (χ4n) is 3.21. The molecule has 8 heteroatoms. The van der Waals surface area contributed by atoms with Gasteiger partial charge in [-0.25, -0.2) is 0 Å². The average molecular weight is 343 g/mol. The first-order valence-corrected chi connectivity index (χ1v) is 8.56. The van der Waals surface area contributed by atoms with Crippen molar-refractivity contribution in [3.63, 3.8) is 0 Å². The highest BCUT2D eigenvalue weighted by molar-refractivity contribution is 7.13. The molecule has 0 radical (unpaired) electrons. The number of likely N-dealkylation sites (tertiary alicyclic amines) is 1. The highest BCUT2D eigenvalue weighted by Crippen LogP contribution is 2.44. The zero-order valence-electron chi connectivity index (χ0n) is 13.6. The van der Waals surface area contributed by atoms with Gasteiger partial charge in [0, 0.05) is 31.8 Å². The summed E-state index contributed by atoms with van der Waals surface area (Å²) in [4.78, 5) is 19.6. The van der Waals surface area contributed by atoms with Gasteiger partial charge in [0.1, 0.15) is 0 Å². The van der Waals surface area contributed by atoms with Gasteiger partial charge in [-0.15, -0.1) is 11.3 Å². The molecule has 1 amide bonds. The fourth-order valence-corrected chi connectivity index (χ4v) is 3.86. The van der Waals surface area contributed by atoms with Crippen LogP contribution >= 0.6 is 11.3 Å². The summed E-state index contributed by atoms with van der Waals surface area (Å²) < 4.78 is 7.32. The molecule has 2 atom stereocenters. The molecule has 4 rings (SSSR count). The third kappa shape index (κ3) is 2.25. The molecule has 24 heavy (non-hydrogen) atoms. The number of aryl methyl sites for hydroxylation is 1. The average Bonchev–Trinajstić information content (AvgIpc) is 3.32. The molecule has 1 aliphatic heterocycles. The Labute approximate surface area is 142 Å². The number of aromatic nitrogens is 4. The molecule has 0 bridgehead atoms. The van der Waals surface area contributed by atoms with Crippen LogP contribution in [0.5, 0.6) is 0 Å². The van der Waals surface area contributed by atoms with Crippen molar-refractivity contribution in [1.82, 2.24) is 24.8 Å². The van der Waals surface area contributed by atoms with Crippen LogP contribution in [0.15, 0.2) is 28.2 Å². The van der Waals surface area contributed by atoms with Gasteiger partial charge in [-0.2, -0.15) is 10.1 Å². The summed E-state index contributed by atoms with van der Waals surface area (Å²) in [5.41, 5.74) is 2.05. The molecule has 1 fully saturated rings. The maximum Gasteiger partial charge on any atom is 0.233 e. The molecule has 0 spiro atoms. The van der Waals surface area contributed by atoms with E-state index in [0.29, 0.717) is 18.1 Å². The number of nitrogens with zero attached hydrogens (tertiary/aromatic N) is 5. The van der Waals surface area contributed by atoms with Crippen LogP contribution in [0.2, 0.25) is 0 Å². The quantitative estimate of drug-likeness (QED) is 0.730. The highest BCUT2D eigenvalue weighted by Gasteiger charge is 2.43. The Hall–Kier alpha value is -2.48. The van der Waals surface area contributed by atoms with Crippen LogP contribution in [0.25, 0.3) is 10.7 Å². The van der Waals surface area contributed by atoms with Crippen LogP contribution in [0.1, 0.15) is 35.5 Å². The van der Waals surface area contributed by atoms with Crippen molar-refractivity contribution >= 4 is 17.2 Å². The summed E-state index contributed by atoms with van der Waals surface area (Å²) in [6.07, 6.45) is 2.18. The summed E-state index contributed by atoms with van der Waals surface area (Å²) in [5, 5.41) is 10.4. The van der Waals surface area contributed by atoms with Gasteiger partial charge in [0.15, 0.2) is 0 Å². The first kappa shape index (κ1) is 15.1. The predicted molar refractivity (Wildman–Crippen MR) is 88.4 cm³/mol. The number of hydrogen-bond donors (Lipinski definition) is 0. The second-order valence-electron chi connectivity index (χ2n) is 6.00. The third-order valence-corrected chi connectivity index (χ3v) is 5.54. The van der Waals surface area contributed by atoms with E-state index in [4.69, 9.17) is 4.52 Å². The second-order valence-corrected chi connectivity index (χ2v) is 6.95. The van der Waals surface area contributed by atoms with E-state index in [0.717, 1.165) is 16.1 Å². The minimum Gasteiger partial charge on any atom is -0.339 e. The summed E-state index contributed by atoms with van der Waals surface area (Å²) in [6.45, 7) is 2.00. The van der Waals surface area contributed by atoms with E-state index < -0.39 is 0 Å². The van der Waals surface area contributed by atoms with E-state index in [1.165, 1.54) is 0 Å². The monoisotopic (exact) mass is 343 g/mol. The van der Waals surface area contributed by atoms with Gasteiger partial charge in [-0.3, -0.25) is 9.48 Å². The summed E-state index contributed by atoms with van der Waals surface area (Å²) in [5.74, 6) is 0.990. The zero-order valence-corrected chi connectivity index (χ0v) is 14.4. The molecule has 0 unspecified atom stereocenters. The Balaban J connectivity index is 1.73. The number of likely N-dealkylation sites (N-methyl/N-ethyl adjacent to an activating group) is 1. The zero-order chi connectivity index (χ0) is 16.8. The summed E-state index contributed by atoms with van der Waals surface area (Å²) >= 11 is 1.56. The number of carbonyl (C=O) groups is 1. The lowest BCUT2D eigenvalue weighted by atomic mass is 9.94. The number of rotatable bonds is 3. The number of amides is 1. The third-order valence-electron chi connectivity index (χ3n) is 4.68. The smallest absolute Gasteiger partial charge is 0.233 e. The maximum absolute atomic E-state index is 12.3. The molecule has 0 saturated carbocycles. The molecule has 4 heterocycles. The molecule has 124 valence electrons. The van der Waals surface area contributed by atoms with Crippen molar-refractivity contribution in [2.45, 2.75) is 25.3 Å². The van der Waals surface area contributed by atoms with Crippen molar-refractivity contribution in [3.05, 3.63) is 40.9 Å². The van der Waals surface area contributed by atoms with Gasteiger partial charge in [0.25, 0.3) is 0 Å². The lowest BCUT2D eigenvalue weighted by molar-refractivity contribution is -0.127. The Morgan fingerprint density at radius 1 is 1.38 bits per heavy atom. The van der Waals surface area contributed by atoms with Gasteiger partial charge < -0.3 is 9.42 Å². The summed E-state index contributed by atoms with van der Waals surface area (Å²) in [7, 11) is 3.71. The van der Waals surface area contributed by atoms with Crippen LogP contribution in [-0.4, -0.2) is 37.8 Å². The first-order chi connectivity index (χ1) is 11.6. The molecule has 0 aliphatic carbocycles. The molecule has 3 aromatic rings.